The van der Waals surface area contributed by atoms with Gasteiger partial charge in [0.05, 0.1) is 21.0 Å². The minimum Gasteiger partial charge on any atom is -0.790 e. The molecule has 1 aliphatic heterocycles. The smallest absolute Gasteiger partial charge is 0.316 e. The molecule has 8 heteroatoms. The molecule has 80 valence electrons. The van der Waals surface area contributed by atoms with Gasteiger partial charge in [0.25, 0.3) is 0 Å². The van der Waals surface area contributed by atoms with Gasteiger partial charge >= 0.3 is 5.97 Å². The van der Waals surface area contributed by atoms with Gasteiger partial charge in [-0.25, -0.2) is 0 Å². The van der Waals surface area contributed by atoms with Gasteiger partial charge in [-0.2, -0.15) is 0 Å². The van der Waals surface area contributed by atoms with E-state index in [1.807, 2.05) is 0 Å². The molecule has 1 heterocycles. The Balaban J connectivity index is 2.50. The molecule has 0 saturated carbocycles. The Labute approximate surface area is 79.2 Å². The van der Waals surface area contributed by atoms with Crippen LogP contribution in [0, 0.1) is 11.8 Å². The van der Waals surface area contributed by atoms with Crippen molar-refractivity contribution in [2.75, 3.05) is 13.2 Å². The summed E-state index contributed by atoms with van der Waals surface area (Å²) in [6.45, 7) is -0.609. The topological polar surface area (TPSA) is 116 Å². The Bertz CT molecular complexity index is 282. The molecule has 0 N–H and O–H groups in total. The third kappa shape index (κ3) is 2.88. The van der Waals surface area contributed by atoms with Crippen LogP contribution in [0.2, 0.25) is 0 Å². The fourth-order valence-electron chi connectivity index (χ4n) is 1.09. The number of rotatable bonds is 4. The molecule has 0 radical (unpaired) electrons. The highest BCUT2D eigenvalue weighted by Gasteiger charge is 2.36. The van der Waals surface area contributed by atoms with E-state index in [4.69, 9.17) is 0 Å². The monoisotopic (exact) mass is 222 g/mol. The van der Waals surface area contributed by atoms with E-state index in [-0.39, 0.29) is 6.61 Å². The first-order chi connectivity index (χ1) is 6.44. The van der Waals surface area contributed by atoms with Crippen LogP contribution in [-0.2, 0) is 23.4 Å². The van der Waals surface area contributed by atoms with Crippen molar-refractivity contribution < 1.29 is 33.2 Å². The number of hydrogen-bond acceptors (Lipinski definition) is 7. The molecule has 2 atom stereocenters. The second-order valence-corrected chi connectivity index (χ2v) is 3.95. The van der Waals surface area contributed by atoms with Crippen LogP contribution in [-0.4, -0.2) is 25.5 Å². The van der Waals surface area contributed by atoms with Crippen molar-refractivity contribution in [2.45, 2.75) is 0 Å². The van der Waals surface area contributed by atoms with Crippen molar-refractivity contribution >= 4 is 20.1 Å². The van der Waals surface area contributed by atoms with Crippen molar-refractivity contribution in [3.8, 4) is 0 Å². The van der Waals surface area contributed by atoms with E-state index in [1.54, 1.807) is 0 Å². The summed E-state index contributed by atoms with van der Waals surface area (Å²) >= 11 is 0. The van der Waals surface area contributed by atoms with Crippen LogP contribution in [0.1, 0.15) is 0 Å². The van der Waals surface area contributed by atoms with Gasteiger partial charge in [0.2, 0.25) is 0 Å². The lowest BCUT2D eigenvalue weighted by Crippen LogP contribution is -2.25. The highest BCUT2D eigenvalue weighted by Crippen LogP contribution is 2.29. The molecule has 1 rings (SSSR count). The maximum absolute atomic E-state index is 10.8. The van der Waals surface area contributed by atoms with Crippen LogP contribution in [0.5, 0.6) is 0 Å². The predicted octanol–water partition coefficient (Wildman–Crippen LogP) is -2.18. The summed E-state index contributed by atoms with van der Waals surface area (Å²) in [7, 11) is -5.06. The zero-order chi connectivity index (χ0) is 10.8. The van der Waals surface area contributed by atoms with Gasteiger partial charge in [-0.1, -0.05) is 0 Å². The molecule has 0 aromatic rings. The fraction of sp³-hybridized carbons (Fsp3) is 0.667. The van der Waals surface area contributed by atoms with E-state index < -0.39 is 32.2 Å². The minimum absolute atomic E-state index is 0.109. The second-order valence-electron chi connectivity index (χ2n) is 2.79. The number of ether oxygens (including phenoxy) is 1. The molecule has 0 aromatic carbocycles. The maximum atomic E-state index is 10.8. The molecule has 7 nitrogen and oxygen atoms in total. The second kappa shape index (κ2) is 4.18. The van der Waals surface area contributed by atoms with Crippen molar-refractivity contribution in [3.05, 3.63) is 0 Å². The zero-order valence-electron chi connectivity index (χ0n) is 6.95. The Morgan fingerprint density at radius 3 is 2.79 bits per heavy atom. The first-order valence-corrected chi connectivity index (χ1v) is 5.18. The molecule has 14 heavy (non-hydrogen) atoms. The largest absolute Gasteiger partial charge is 0.790 e. The summed E-state index contributed by atoms with van der Waals surface area (Å²) in [5.74, 6) is -2.46. The van der Waals surface area contributed by atoms with Gasteiger partial charge < -0.3 is 28.4 Å². The Hall–Kier alpha value is -0.750. The van der Waals surface area contributed by atoms with Crippen molar-refractivity contribution in [3.63, 3.8) is 0 Å². The van der Waals surface area contributed by atoms with E-state index in [0.717, 1.165) is 0 Å². The quantitative estimate of drug-likeness (QED) is 0.230. The summed E-state index contributed by atoms with van der Waals surface area (Å²) in [5, 5.41) is 0. The average molecular weight is 222 g/mol. The van der Waals surface area contributed by atoms with Crippen LogP contribution in [0.4, 0.5) is 0 Å². The number of phosphoric acid groups is 1. The number of hydrogen-bond donors (Lipinski definition) is 0. The summed E-state index contributed by atoms with van der Waals surface area (Å²) in [6.07, 6.45) is 0.351. The number of esters is 1. The number of aldehydes is 1. The lowest BCUT2D eigenvalue weighted by Gasteiger charge is -2.29. The SMILES string of the molecule is O=C[C@@H]1C(=O)OC[C@H]1COP(=O)([O-])[O-]. The first kappa shape index (κ1) is 11.3. The van der Waals surface area contributed by atoms with Crippen LogP contribution in [0.25, 0.3) is 0 Å². The molecule has 0 unspecified atom stereocenters. The van der Waals surface area contributed by atoms with E-state index in [0.29, 0.717) is 6.29 Å². The van der Waals surface area contributed by atoms with Crippen LogP contribution >= 0.6 is 7.82 Å². The third-order valence-electron chi connectivity index (χ3n) is 1.81. The molecular weight excluding hydrogens is 215 g/mol. The number of phosphoric ester groups is 1. The van der Waals surface area contributed by atoms with Gasteiger partial charge in [-0.05, 0) is 0 Å². The van der Waals surface area contributed by atoms with Crippen molar-refractivity contribution in [1.82, 2.24) is 0 Å². The van der Waals surface area contributed by atoms with Gasteiger partial charge in [-0.15, -0.1) is 0 Å². The van der Waals surface area contributed by atoms with Gasteiger partial charge in [0.15, 0.2) is 0 Å². The third-order valence-corrected chi connectivity index (χ3v) is 2.28. The van der Waals surface area contributed by atoms with Gasteiger partial charge in [0, 0.05) is 5.92 Å². The predicted molar refractivity (Wildman–Crippen MR) is 37.6 cm³/mol. The van der Waals surface area contributed by atoms with Crippen molar-refractivity contribution in [1.29, 1.82) is 0 Å². The van der Waals surface area contributed by atoms with Gasteiger partial charge in [0.1, 0.15) is 12.2 Å². The van der Waals surface area contributed by atoms with Crippen molar-refractivity contribution in [2.24, 2.45) is 11.8 Å². The zero-order valence-corrected chi connectivity index (χ0v) is 7.85. The van der Waals surface area contributed by atoms with E-state index in [9.17, 15) is 23.9 Å². The first-order valence-electron chi connectivity index (χ1n) is 3.72. The summed E-state index contributed by atoms with van der Waals surface area (Å²) in [5.41, 5.74) is 0. The molecule has 1 fully saturated rings. The molecule has 1 aliphatic rings. The molecule has 0 aromatic heterocycles. The molecule has 0 aliphatic carbocycles. The molecule has 0 bridgehead atoms. The highest BCUT2D eigenvalue weighted by molar-refractivity contribution is 7.43. The van der Waals surface area contributed by atoms with E-state index >= 15 is 0 Å². The average Bonchev–Trinajstić information content (AvgIpc) is 2.41. The number of carbonyl (C=O) groups excluding carboxylic acids is 2. The Kier molecular flexibility index (Phi) is 3.38. The van der Waals surface area contributed by atoms with Crippen LogP contribution in [0.3, 0.4) is 0 Å². The molecule has 1 saturated heterocycles. The Morgan fingerprint density at radius 1 is 1.64 bits per heavy atom. The standard InChI is InChI=1S/C6H9O7P/c7-1-5-4(2-12-6(5)8)3-13-14(9,10)11/h1,4-5H,2-3H2,(H2,9,10,11)/p-2/t4-,5-/m0/s1. The molecule has 0 spiro atoms. The van der Waals surface area contributed by atoms with E-state index in [2.05, 4.69) is 9.26 Å². The Morgan fingerprint density at radius 2 is 2.29 bits per heavy atom. The molecular formula is C6H7O7P-2. The normalized spacial score (nSPS) is 27.4. The lowest BCUT2D eigenvalue weighted by atomic mass is 9.98. The highest BCUT2D eigenvalue weighted by atomic mass is 31.2. The van der Waals surface area contributed by atoms with Gasteiger partial charge in [-0.3, -0.25) is 4.79 Å². The van der Waals surface area contributed by atoms with Crippen LogP contribution < -0.4 is 9.79 Å². The summed E-state index contributed by atoms with van der Waals surface area (Å²) in [6, 6.07) is 0. The summed E-state index contributed by atoms with van der Waals surface area (Å²) < 4.78 is 18.5. The number of carbonyl (C=O) groups is 2. The minimum atomic E-state index is -5.06. The lowest BCUT2D eigenvalue weighted by molar-refractivity contribution is -0.342. The van der Waals surface area contributed by atoms with Crippen LogP contribution in [0.15, 0.2) is 0 Å². The fourth-order valence-corrected chi connectivity index (χ4v) is 1.46. The maximum Gasteiger partial charge on any atom is 0.316 e. The summed E-state index contributed by atoms with van der Waals surface area (Å²) in [4.78, 5) is 41.4. The molecule has 0 amide bonds. The number of cyclic esters (lactones) is 1. The van der Waals surface area contributed by atoms with E-state index in [1.165, 1.54) is 0 Å².